The molecule has 2 unspecified atom stereocenters. The zero-order valence-electron chi connectivity index (χ0n) is 6.82. The molecule has 0 aliphatic heterocycles. The largest absolute Gasteiger partial charge is 0.320 e. The maximum absolute atomic E-state index is 12.4. The first kappa shape index (κ1) is 8.91. The number of halogens is 2. The van der Waals surface area contributed by atoms with Crippen molar-refractivity contribution in [2.24, 2.45) is 11.7 Å². The zero-order valence-corrected chi connectivity index (χ0v) is 6.82. The first-order valence-electron chi connectivity index (χ1n) is 4.14. The van der Waals surface area contributed by atoms with Crippen molar-refractivity contribution in [2.75, 3.05) is 0 Å². The molecule has 0 bridgehead atoms. The van der Waals surface area contributed by atoms with E-state index >= 15 is 0 Å². The van der Waals surface area contributed by atoms with Crippen LogP contribution in [0, 0.1) is 5.92 Å². The van der Waals surface area contributed by atoms with Crippen molar-refractivity contribution in [3.63, 3.8) is 0 Å². The average molecular weight is 163 g/mol. The monoisotopic (exact) mass is 163 g/mol. The molecule has 0 aromatic heterocycles. The van der Waals surface area contributed by atoms with Gasteiger partial charge in [-0.1, -0.05) is 19.8 Å². The van der Waals surface area contributed by atoms with E-state index in [1.807, 2.05) is 6.92 Å². The molecule has 0 radical (unpaired) electrons. The lowest BCUT2D eigenvalue weighted by molar-refractivity contribution is 0.000911. The Morgan fingerprint density at radius 3 is 2.45 bits per heavy atom. The third-order valence-corrected chi connectivity index (χ3v) is 2.82. The lowest BCUT2D eigenvalue weighted by Gasteiger charge is -2.38. The van der Waals surface area contributed by atoms with E-state index < -0.39 is 12.0 Å². The minimum absolute atomic E-state index is 0.0313. The molecule has 0 heterocycles. The quantitative estimate of drug-likeness (QED) is 0.629. The highest BCUT2D eigenvalue weighted by Gasteiger charge is 2.42. The third kappa shape index (κ3) is 1.53. The standard InChI is InChI=1S/C8H15F2N/c1-6-4-2-3-5-8(6,11)7(9)10/h6-7H,2-5,11H2,1H3. The van der Waals surface area contributed by atoms with Gasteiger partial charge in [0.2, 0.25) is 0 Å². The van der Waals surface area contributed by atoms with E-state index in [4.69, 9.17) is 5.73 Å². The summed E-state index contributed by atoms with van der Waals surface area (Å²) in [7, 11) is 0. The van der Waals surface area contributed by atoms with Crippen LogP contribution in [0.2, 0.25) is 0 Å². The van der Waals surface area contributed by atoms with E-state index in [2.05, 4.69) is 0 Å². The molecule has 0 amide bonds. The van der Waals surface area contributed by atoms with Crippen molar-refractivity contribution in [3.8, 4) is 0 Å². The van der Waals surface area contributed by atoms with Crippen LogP contribution in [0.4, 0.5) is 8.78 Å². The molecule has 2 atom stereocenters. The van der Waals surface area contributed by atoms with Crippen LogP contribution in [0.1, 0.15) is 32.6 Å². The highest BCUT2D eigenvalue weighted by Crippen LogP contribution is 2.35. The summed E-state index contributed by atoms with van der Waals surface area (Å²) in [5, 5.41) is 0. The van der Waals surface area contributed by atoms with Crippen LogP contribution in [0.25, 0.3) is 0 Å². The van der Waals surface area contributed by atoms with Gasteiger partial charge in [0.25, 0.3) is 6.43 Å². The van der Waals surface area contributed by atoms with Crippen molar-refractivity contribution in [1.29, 1.82) is 0 Å². The number of hydrogen-bond donors (Lipinski definition) is 1. The third-order valence-electron chi connectivity index (χ3n) is 2.82. The average Bonchev–Trinajstić information content (AvgIpc) is 1.95. The van der Waals surface area contributed by atoms with Gasteiger partial charge in [0.15, 0.2) is 0 Å². The number of rotatable bonds is 1. The summed E-state index contributed by atoms with van der Waals surface area (Å²) < 4.78 is 24.9. The summed E-state index contributed by atoms with van der Waals surface area (Å²) in [6.45, 7) is 1.82. The molecule has 0 aromatic carbocycles. The number of alkyl halides is 2. The molecular weight excluding hydrogens is 148 g/mol. The van der Waals surface area contributed by atoms with E-state index in [1.165, 1.54) is 0 Å². The molecule has 1 fully saturated rings. The van der Waals surface area contributed by atoms with Crippen LogP contribution in [0.15, 0.2) is 0 Å². The minimum atomic E-state index is -2.36. The molecule has 1 aliphatic rings. The van der Waals surface area contributed by atoms with Gasteiger partial charge in [0, 0.05) is 0 Å². The van der Waals surface area contributed by atoms with E-state index in [0.717, 1.165) is 19.3 Å². The molecule has 0 saturated heterocycles. The normalized spacial score (nSPS) is 39.5. The maximum Gasteiger partial charge on any atom is 0.256 e. The van der Waals surface area contributed by atoms with Gasteiger partial charge in [-0.15, -0.1) is 0 Å². The van der Waals surface area contributed by atoms with E-state index in [-0.39, 0.29) is 5.92 Å². The van der Waals surface area contributed by atoms with Gasteiger partial charge in [0.05, 0.1) is 5.54 Å². The zero-order chi connectivity index (χ0) is 8.48. The van der Waals surface area contributed by atoms with Gasteiger partial charge >= 0.3 is 0 Å². The van der Waals surface area contributed by atoms with Crippen LogP contribution in [-0.4, -0.2) is 12.0 Å². The molecule has 1 saturated carbocycles. The summed E-state index contributed by atoms with van der Waals surface area (Å²) in [5.74, 6) is -0.0313. The molecule has 0 spiro atoms. The predicted octanol–water partition coefficient (Wildman–Crippen LogP) is 2.16. The highest BCUT2D eigenvalue weighted by molar-refractivity contribution is 4.94. The predicted molar refractivity (Wildman–Crippen MR) is 40.6 cm³/mol. The van der Waals surface area contributed by atoms with Crippen LogP contribution >= 0.6 is 0 Å². The molecule has 66 valence electrons. The van der Waals surface area contributed by atoms with E-state index in [1.54, 1.807) is 0 Å². The van der Waals surface area contributed by atoms with Gasteiger partial charge in [-0.25, -0.2) is 8.78 Å². The number of nitrogens with two attached hydrogens (primary N) is 1. The molecule has 2 N–H and O–H groups in total. The summed E-state index contributed by atoms with van der Waals surface area (Å²) in [5.41, 5.74) is 4.40. The second kappa shape index (κ2) is 3.05. The Hall–Kier alpha value is -0.180. The van der Waals surface area contributed by atoms with Crippen molar-refractivity contribution < 1.29 is 8.78 Å². The summed E-state index contributed by atoms with van der Waals surface area (Å²) in [6.07, 6.45) is 0.864. The summed E-state index contributed by atoms with van der Waals surface area (Å²) >= 11 is 0. The molecule has 1 nitrogen and oxygen atoms in total. The van der Waals surface area contributed by atoms with Crippen LogP contribution < -0.4 is 5.73 Å². The molecule has 1 rings (SSSR count). The smallest absolute Gasteiger partial charge is 0.256 e. The fourth-order valence-electron chi connectivity index (χ4n) is 1.72. The fraction of sp³-hybridized carbons (Fsp3) is 1.00. The second-order valence-electron chi connectivity index (χ2n) is 3.56. The van der Waals surface area contributed by atoms with Crippen molar-refractivity contribution in [2.45, 2.75) is 44.6 Å². The Bertz CT molecular complexity index is 138. The Balaban J connectivity index is 2.64. The maximum atomic E-state index is 12.4. The lowest BCUT2D eigenvalue weighted by atomic mass is 9.75. The highest BCUT2D eigenvalue weighted by atomic mass is 19.3. The first-order chi connectivity index (χ1) is 5.07. The SMILES string of the molecule is CC1CCCCC1(N)C(F)F. The van der Waals surface area contributed by atoms with Crippen LogP contribution in [-0.2, 0) is 0 Å². The lowest BCUT2D eigenvalue weighted by Crippen LogP contribution is -2.54. The number of hydrogen-bond acceptors (Lipinski definition) is 1. The van der Waals surface area contributed by atoms with E-state index in [9.17, 15) is 8.78 Å². The van der Waals surface area contributed by atoms with Gasteiger partial charge in [0.1, 0.15) is 0 Å². The minimum Gasteiger partial charge on any atom is -0.320 e. The van der Waals surface area contributed by atoms with E-state index in [0.29, 0.717) is 6.42 Å². The topological polar surface area (TPSA) is 26.0 Å². The molecule has 1 aliphatic carbocycles. The Labute approximate surface area is 66.0 Å². The Morgan fingerprint density at radius 2 is 2.09 bits per heavy atom. The first-order valence-corrected chi connectivity index (χ1v) is 4.14. The van der Waals surface area contributed by atoms with Gasteiger partial charge in [-0.05, 0) is 18.8 Å². The molecule has 11 heavy (non-hydrogen) atoms. The van der Waals surface area contributed by atoms with Gasteiger partial charge in [-0.3, -0.25) is 0 Å². The molecule has 3 heteroatoms. The van der Waals surface area contributed by atoms with Crippen molar-refractivity contribution in [3.05, 3.63) is 0 Å². The van der Waals surface area contributed by atoms with Crippen molar-refractivity contribution in [1.82, 2.24) is 0 Å². The van der Waals surface area contributed by atoms with Gasteiger partial charge in [-0.2, -0.15) is 0 Å². The summed E-state index contributed by atoms with van der Waals surface area (Å²) in [4.78, 5) is 0. The Morgan fingerprint density at radius 1 is 1.45 bits per heavy atom. The van der Waals surface area contributed by atoms with Crippen LogP contribution in [0.5, 0.6) is 0 Å². The summed E-state index contributed by atoms with van der Waals surface area (Å²) in [6, 6.07) is 0. The van der Waals surface area contributed by atoms with Gasteiger partial charge < -0.3 is 5.73 Å². The second-order valence-corrected chi connectivity index (χ2v) is 3.56. The Kier molecular flexibility index (Phi) is 2.47. The van der Waals surface area contributed by atoms with Crippen LogP contribution in [0.3, 0.4) is 0 Å². The fourth-order valence-corrected chi connectivity index (χ4v) is 1.72. The van der Waals surface area contributed by atoms with Crippen molar-refractivity contribution >= 4 is 0 Å². The molecular formula is C8H15F2N. The molecule has 0 aromatic rings.